The van der Waals surface area contributed by atoms with E-state index in [0.29, 0.717) is 12.5 Å². The molecule has 4 nitrogen and oxygen atoms in total. The van der Waals surface area contributed by atoms with Crippen LogP contribution in [0, 0.1) is 5.92 Å². The summed E-state index contributed by atoms with van der Waals surface area (Å²) in [6.45, 7) is 8.30. The number of aliphatic carboxylic acids is 1. The number of rotatable bonds is 9. The van der Waals surface area contributed by atoms with Crippen molar-refractivity contribution in [2.24, 2.45) is 5.92 Å². The van der Waals surface area contributed by atoms with Gasteiger partial charge in [0.2, 0.25) is 0 Å². The van der Waals surface area contributed by atoms with Crippen molar-refractivity contribution in [1.82, 2.24) is 10.2 Å². The summed E-state index contributed by atoms with van der Waals surface area (Å²) in [6, 6.07) is 0.305. The Morgan fingerprint density at radius 2 is 2.17 bits per heavy atom. The molecule has 0 radical (unpaired) electrons. The Balaban J connectivity index is 2.57. The van der Waals surface area contributed by atoms with Crippen molar-refractivity contribution < 1.29 is 9.90 Å². The van der Waals surface area contributed by atoms with Gasteiger partial charge in [-0.3, -0.25) is 4.79 Å². The van der Waals surface area contributed by atoms with Crippen molar-refractivity contribution in [3.05, 3.63) is 0 Å². The number of carboxylic acid groups (broad SMARTS) is 1. The summed E-state index contributed by atoms with van der Waals surface area (Å²) in [4.78, 5) is 13.8. The Bertz CT molecular complexity index is 279. The summed E-state index contributed by atoms with van der Waals surface area (Å²) in [6.07, 6.45) is 4.45. The van der Waals surface area contributed by atoms with Gasteiger partial charge in [-0.2, -0.15) is 0 Å². The van der Waals surface area contributed by atoms with E-state index in [-0.39, 0.29) is 0 Å². The number of hydrogen-bond acceptors (Lipinski definition) is 3. The van der Waals surface area contributed by atoms with E-state index < -0.39 is 11.5 Å². The molecular weight excluding hydrogens is 228 g/mol. The second kappa shape index (κ2) is 6.53. The molecule has 1 aliphatic carbocycles. The van der Waals surface area contributed by atoms with E-state index in [9.17, 15) is 9.90 Å². The zero-order valence-corrected chi connectivity index (χ0v) is 12.2. The largest absolute Gasteiger partial charge is 0.480 e. The molecule has 1 aliphatic rings. The van der Waals surface area contributed by atoms with Gasteiger partial charge in [-0.05, 0) is 59.0 Å². The zero-order chi connectivity index (χ0) is 13.8. The quantitative estimate of drug-likeness (QED) is 0.662. The minimum atomic E-state index is -0.824. The Kier molecular flexibility index (Phi) is 5.60. The number of nitrogens with zero attached hydrogens (tertiary/aromatic N) is 1. The molecule has 2 atom stereocenters. The second-order valence-electron chi connectivity index (χ2n) is 5.88. The molecule has 1 rings (SSSR count). The first kappa shape index (κ1) is 15.4. The van der Waals surface area contributed by atoms with Crippen LogP contribution in [0.1, 0.15) is 46.5 Å². The Morgan fingerprint density at radius 3 is 2.56 bits per heavy atom. The van der Waals surface area contributed by atoms with Crippen LogP contribution in [0.15, 0.2) is 0 Å². The maximum Gasteiger partial charge on any atom is 0.323 e. The van der Waals surface area contributed by atoms with Crippen molar-refractivity contribution in [3.8, 4) is 0 Å². The van der Waals surface area contributed by atoms with E-state index in [2.05, 4.69) is 24.1 Å². The van der Waals surface area contributed by atoms with E-state index in [4.69, 9.17) is 0 Å². The third-order valence-corrected chi connectivity index (χ3v) is 4.05. The molecule has 0 aliphatic heterocycles. The van der Waals surface area contributed by atoms with Gasteiger partial charge in [0.15, 0.2) is 0 Å². The maximum atomic E-state index is 11.3. The molecule has 106 valence electrons. The third kappa shape index (κ3) is 4.25. The molecule has 0 heterocycles. The number of carboxylic acids is 1. The van der Waals surface area contributed by atoms with Gasteiger partial charge in [0.25, 0.3) is 0 Å². The Labute approximate surface area is 111 Å². The predicted molar refractivity (Wildman–Crippen MR) is 73.8 cm³/mol. The van der Waals surface area contributed by atoms with E-state index in [1.165, 1.54) is 12.8 Å². The van der Waals surface area contributed by atoms with Gasteiger partial charge in [0.05, 0.1) is 0 Å². The summed E-state index contributed by atoms with van der Waals surface area (Å²) in [5.74, 6) is 0.0874. The number of hydrogen-bond donors (Lipinski definition) is 2. The Morgan fingerprint density at radius 1 is 1.56 bits per heavy atom. The van der Waals surface area contributed by atoms with Crippen LogP contribution in [0.4, 0.5) is 0 Å². The van der Waals surface area contributed by atoms with E-state index in [0.717, 1.165) is 25.4 Å². The van der Waals surface area contributed by atoms with Crippen LogP contribution in [0.5, 0.6) is 0 Å². The van der Waals surface area contributed by atoms with Gasteiger partial charge >= 0.3 is 5.97 Å². The lowest BCUT2D eigenvalue weighted by atomic mass is 9.93. The molecule has 2 unspecified atom stereocenters. The SMILES string of the molecule is CCCN(CC1CC1)C(C)CC(C)(NC)C(=O)O. The molecule has 1 fully saturated rings. The molecule has 18 heavy (non-hydrogen) atoms. The first-order valence-electron chi connectivity index (χ1n) is 7.09. The lowest BCUT2D eigenvalue weighted by Gasteiger charge is -2.34. The second-order valence-corrected chi connectivity index (χ2v) is 5.88. The average Bonchev–Trinajstić information content (AvgIpc) is 3.11. The lowest BCUT2D eigenvalue weighted by molar-refractivity contribution is -0.144. The van der Waals surface area contributed by atoms with Crippen LogP contribution in [0.3, 0.4) is 0 Å². The first-order chi connectivity index (χ1) is 8.42. The van der Waals surface area contributed by atoms with Crippen LogP contribution >= 0.6 is 0 Å². The third-order valence-electron chi connectivity index (χ3n) is 4.05. The summed E-state index contributed by atoms with van der Waals surface area (Å²) >= 11 is 0. The minimum absolute atomic E-state index is 0.305. The van der Waals surface area contributed by atoms with Crippen molar-refractivity contribution in [3.63, 3.8) is 0 Å². The standard InChI is InChI=1S/C14H28N2O2/c1-5-8-16(10-12-6-7-12)11(2)9-14(3,15-4)13(17)18/h11-12,15H,5-10H2,1-4H3,(H,17,18). The molecule has 2 N–H and O–H groups in total. The first-order valence-corrected chi connectivity index (χ1v) is 7.09. The van der Waals surface area contributed by atoms with Crippen LogP contribution < -0.4 is 5.32 Å². The summed E-state index contributed by atoms with van der Waals surface area (Å²) in [7, 11) is 1.73. The maximum absolute atomic E-state index is 11.3. The molecule has 0 spiro atoms. The van der Waals surface area contributed by atoms with E-state index in [1.54, 1.807) is 14.0 Å². The van der Waals surface area contributed by atoms with Crippen LogP contribution in [0.25, 0.3) is 0 Å². The number of likely N-dealkylation sites (N-methyl/N-ethyl adjacent to an activating group) is 1. The van der Waals surface area contributed by atoms with Gasteiger partial charge < -0.3 is 15.3 Å². The smallest absolute Gasteiger partial charge is 0.323 e. The highest BCUT2D eigenvalue weighted by Crippen LogP contribution is 2.31. The molecule has 0 bridgehead atoms. The van der Waals surface area contributed by atoms with Crippen LogP contribution in [0.2, 0.25) is 0 Å². The molecule has 0 amide bonds. The summed E-state index contributed by atoms with van der Waals surface area (Å²) in [5, 5.41) is 12.3. The van der Waals surface area contributed by atoms with Crippen molar-refractivity contribution >= 4 is 5.97 Å². The van der Waals surface area contributed by atoms with Gasteiger partial charge in [-0.15, -0.1) is 0 Å². The predicted octanol–water partition coefficient (Wildman–Crippen LogP) is 1.95. The lowest BCUT2D eigenvalue weighted by Crippen LogP contribution is -2.52. The Hall–Kier alpha value is -0.610. The zero-order valence-electron chi connectivity index (χ0n) is 12.2. The van der Waals surface area contributed by atoms with Crippen molar-refractivity contribution in [1.29, 1.82) is 0 Å². The molecule has 0 aromatic rings. The van der Waals surface area contributed by atoms with E-state index >= 15 is 0 Å². The normalized spacial score (nSPS) is 20.7. The fraction of sp³-hybridized carbons (Fsp3) is 0.929. The highest BCUT2D eigenvalue weighted by molar-refractivity contribution is 5.78. The fourth-order valence-electron chi connectivity index (χ4n) is 2.43. The molecule has 0 aromatic carbocycles. The van der Waals surface area contributed by atoms with E-state index in [1.807, 2.05) is 0 Å². The monoisotopic (exact) mass is 256 g/mol. The average molecular weight is 256 g/mol. The van der Waals surface area contributed by atoms with Crippen LogP contribution in [-0.4, -0.2) is 47.7 Å². The van der Waals surface area contributed by atoms with Crippen molar-refractivity contribution in [2.75, 3.05) is 20.1 Å². The summed E-state index contributed by atoms with van der Waals surface area (Å²) in [5.41, 5.74) is -0.824. The van der Waals surface area contributed by atoms with Crippen molar-refractivity contribution in [2.45, 2.75) is 58.0 Å². The molecular formula is C14H28N2O2. The van der Waals surface area contributed by atoms with Gasteiger partial charge in [-0.25, -0.2) is 0 Å². The molecule has 4 heteroatoms. The molecule has 1 saturated carbocycles. The number of nitrogens with one attached hydrogen (secondary N) is 1. The highest BCUT2D eigenvalue weighted by atomic mass is 16.4. The summed E-state index contributed by atoms with van der Waals surface area (Å²) < 4.78 is 0. The molecule has 0 aromatic heterocycles. The topological polar surface area (TPSA) is 52.6 Å². The van der Waals surface area contributed by atoms with Crippen LogP contribution in [-0.2, 0) is 4.79 Å². The highest BCUT2D eigenvalue weighted by Gasteiger charge is 2.35. The van der Waals surface area contributed by atoms with Gasteiger partial charge in [-0.1, -0.05) is 6.92 Å². The fourth-order valence-corrected chi connectivity index (χ4v) is 2.43. The van der Waals surface area contributed by atoms with Gasteiger partial charge in [0.1, 0.15) is 5.54 Å². The minimum Gasteiger partial charge on any atom is -0.480 e. The molecule has 0 saturated heterocycles. The number of carbonyl (C=O) groups is 1. The van der Waals surface area contributed by atoms with Gasteiger partial charge in [0, 0.05) is 12.6 Å².